The zero-order valence-corrected chi connectivity index (χ0v) is 22.7. The number of nitrogens with two attached hydrogens (primary N) is 1. The second kappa shape index (κ2) is 11.7. The monoisotopic (exact) mass is 589 g/mol. The van der Waals surface area contributed by atoms with Gasteiger partial charge in [-0.3, -0.25) is 9.11 Å². The van der Waals surface area contributed by atoms with Crippen LogP contribution in [0.5, 0.6) is 5.75 Å². The molecular weight excluding hydrogens is 563 g/mol. The topological polar surface area (TPSA) is 145 Å². The van der Waals surface area contributed by atoms with Crippen molar-refractivity contribution in [3.05, 3.63) is 48.3 Å². The summed E-state index contributed by atoms with van der Waals surface area (Å²) >= 11 is 0. The molecule has 0 unspecified atom stereocenters. The largest absolute Gasteiger partial charge is 0.494 e. The van der Waals surface area contributed by atoms with Crippen LogP contribution in [0, 0.1) is 11.6 Å². The Bertz CT molecular complexity index is 1690. The minimum Gasteiger partial charge on any atom is -0.494 e. The van der Waals surface area contributed by atoms with Gasteiger partial charge in [0.1, 0.15) is 22.9 Å². The number of ether oxygens (including phenoxy) is 2. The summed E-state index contributed by atoms with van der Waals surface area (Å²) in [7, 11) is -2.68. The summed E-state index contributed by atoms with van der Waals surface area (Å²) in [5.74, 6) is -1.59. The van der Waals surface area contributed by atoms with Gasteiger partial charge in [0.25, 0.3) is 0 Å². The first-order valence-electron chi connectivity index (χ1n) is 12.6. The number of nitrogens with zero attached hydrogens (tertiary/aromatic N) is 5. The van der Waals surface area contributed by atoms with E-state index < -0.39 is 45.3 Å². The van der Waals surface area contributed by atoms with E-state index in [9.17, 15) is 12.8 Å². The van der Waals surface area contributed by atoms with Crippen LogP contribution in [-0.4, -0.2) is 74.2 Å². The van der Waals surface area contributed by atoms with Crippen LogP contribution < -0.4 is 20.1 Å². The summed E-state index contributed by atoms with van der Waals surface area (Å²) in [4.78, 5) is 19.4. The summed E-state index contributed by atoms with van der Waals surface area (Å²) in [6.45, 7) is 1.02. The molecule has 0 bridgehead atoms. The molecular formula is C26H26F3N7O4S. The Morgan fingerprint density at radius 2 is 1.83 bits per heavy atom. The molecule has 0 atom stereocenters. The van der Waals surface area contributed by atoms with Crippen LogP contribution >= 0.6 is 0 Å². The smallest absolute Gasteiger partial charge is 0.232 e. The Labute approximate surface area is 233 Å². The summed E-state index contributed by atoms with van der Waals surface area (Å²) in [6.07, 6.45) is 2.71. The van der Waals surface area contributed by atoms with Gasteiger partial charge in [0.2, 0.25) is 16.0 Å². The molecule has 1 fully saturated rings. The van der Waals surface area contributed by atoms with Gasteiger partial charge in [0.05, 0.1) is 49.6 Å². The number of hydrogen-bond acceptors (Lipinski definition) is 10. The van der Waals surface area contributed by atoms with Gasteiger partial charge in [0, 0.05) is 30.9 Å². The van der Waals surface area contributed by atoms with Crippen molar-refractivity contribution in [1.29, 1.82) is 0 Å². The van der Waals surface area contributed by atoms with Gasteiger partial charge in [-0.05, 0) is 36.2 Å². The fourth-order valence-corrected chi connectivity index (χ4v) is 5.53. The van der Waals surface area contributed by atoms with E-state index in [4.69, 9.17) is 20.2 Å². The molecule has 0 amide bonds. The van der Waals surface area contributed by atoms with Crippen LogP contribution in [-0.2, 0) is 14.8 Å². The van der Waals surface area contributed by atoms with E-state index in [2.05, 4.69) is 19.7 Å². The Morgan fingerprint density at radius 3 is 2.51 bits per heavy atom. The normalized spacial score (nSPS) is 13.9. The molecule has 2 aromatic carbocycles. The van der Waals surface area contributed by atoms with E-state index in [1.54, 1.807) is 0 Å². The maximum atomic E-state index is 15.7. The van der Waals surface area contributed by atoms with E-state index in [0.29, 0.717) is 48.6 Å². The number of hydrogen-bond donors (Lipinski definition) is 2. The highest BCUT2D eigenvalue weighted by Gasteiger charge is 2.24. The molecule has 3 heterocycles. The van der Waals surface area contributed by atoms with Crippen LogP contribution in [0.1, 0.15) is 6.42 Å². The molecule has 1 aliphatic rings. The van der Waals surface area contributed by atoms with Gasteiger partial charge < -0.3 is 20.1 Å². The van der Waals surface area contributed by atoms with Gasteiger partial charge >= 0.3 is 0 Å². The van der Waals surface area contributed by atoms with E-state index in [1.165, 1.54) is 31.6 Å². The summed E-state index contributed by atoms with van der Waals surface area (Å²) in [6, 6.07) is 4.85. The summed E-state index contributed by atoms with van der Waals surface area (Å²) in [5.41, 5.74) is 5.60. The highest BCUT2D eigenvalue weighted by Crippen LogP contribution is 2.40. The number of anilines is 3. The number of halogens is 3. The van der Waals surface area contributed by atoms with Crippen molar-refractivity contribution < 1.29 is 31.1 Å². The zero-order valence-electron chi connectivity index (χ0n) is 21.9. The van der Waals surface area contributed by atoms with Crippen molar-refractivity contribution in [3.8, 4) is 28.3 Å². The van der Waals surface area contributed by atoms with E-state index >= 15 is 8.78 Å². The van der Waals surface area contributed by atoms with Crippen molar-refractivity contribution in [2.24, 2.45) is 0 Å². The number of aromatic nitrogens is 4. The minimum atomic E-state index is -4.07. The molecule has 41 heavy (non-hydrogen) atoms. The first-order chi connectivity index (χ1) is 19.7. The molecule has 4 aromatic rings. The molecule has 0 spiro atoms. The predicted octanol–water partition coefficient (Wildman–Crippen LogP) is 3.56. The quantitative estimate of drug-likeness (QED) is 0.297. The van der Waals surface area contributed by atoms with Crippen LogP contribution in [0.4, 0.5) is 30.6 Å². The molecule has 15 heteroatoms. The second-order valence-electron chi connectivity index (χ2n) is 9.12. The van der Waals surface area contributed by atoms with Crippen molar-refractivity contribution in [2.45, 2.75) is 6.42 Å². The molecule has 0 aliphatic carbocycles. The van der Waals surface area contributed by atoms with Crippen LogP contribution in [0.2, 0.25) is 0 Å². The number of rotatable bonds is 9. The van der Waals surface area contributed by atoms with Gasteiger partial charge in [-0.1, -0.05) is 0 Å². The summed E-state index contributed by atoms with van der Waals surface area (Å²) in [5, 5.41) is 0.439. The molecule has 2 aromatic heterocycles. The number of sulfonamides is 1. The second-order valence-corrected chi connectivity index (χ2v) is 11.0. The van der Waals surface area contributed by atoms with E-state index in [-0.39, 0.29) is 29.5 Å². The average Bonchev–Trinajstić information content (AvgIpc) is 2.97. The molecule has 216 valence electrons. The van der Waals surface area contributed by atoms with Crippen molar-refractivity contribution in [1.82, 2.24) is 19.9 Å². The Kier molecular flexibility index (Phi) is 8.08. The number of methoxy groups -OCH3 is 1. The van der Waals surface area contributed by atoms with Gasteiger partial charge in [0.15, 0.2) is 11.6 Å². The molecule has 11 nitrogen and oxygen atoms in total. The molecule has 0 radical (unpaired) electrons. The fraction of sp³-hybridized carbons (Fsp3) is 0.308. The number of benzene rings is 2. The highest BCUT2D eigenvalue weighted by atomic mass is 32.2. The molecule has 0 saturated carbocycles. The van der Waals surface area contributed by atoms with E-state index in [0.717, 1.165) is 12.1 Å². The van der Waals surface area contributed by atoms with Crippen molar-refractivity contribution in [2.75, 3.05) is 61.2 Å². The van der Waals surface area contributed by atoms with E-state index in [1.807, 2.05) is 4.90 Å². The lowest BCUT2D eigenvalue weighted by Gasteiger charge is -2.29. The first kappa shape index (κ1) is 28.3. The van der Waals surface area contributed by atoms with Gasteiger partial charge in [-0.2, -0.15) is 0 Å². The molecule has 5 rings (SSSR count). The minimum absolute atomic E-state index is 0.0656. The number of fused-ring (bicyclic) bond motifs is 1. The average molecular weight is 590 g/mol. The lowest BCUT2D eigenvalue weighted by atomic mass is 10.0. The highest BCUT2D eigenvalue weighted by molar-refractivity contribution is 7.92. The third-order valence-corrected chi connectivity index (χ3v) is 7.75. The SMILES string of the molecule is COc1cc(-c2c(F)ccc(NS(=O)(=O)CCCF)c2F)cc2c(N3CCOCC3)nc(-c3cnc(N)nc3)nc12. The fourth-order valence-electron chi connectivity index (χ4n) is 4.44. The first-order valence-corrected chi connectivity index (χ1v) is 14.2. The maximum absolute atomic E-state index is 15.7. The molecule has 1 saturated heterocycles. The van der Waals surface area contributed by atoms with Gasteiger partial charge in [-0.15, -0.1) is 0 Å². The standard InChI is InChI=1S/C26H26F3N7O4S/c1-39-20-12-15(21-18(28)3-4-19(22(21)29)35-41(37,38)10-2-5-27)11-17-23(20)33-24(16-13-31-26(30)32-14-16)34-25(17)36-6-8-40-9-7-36/h3-4,11-14,35H,2,5-10H2,1H3,(H2,30,31,32). The Hall–Kier alpha value is -4.24. The van der Waals surface area contributed by atoms with Crippen molar-refractivity contribution >= 4 is 38.4 Å². The van der Waals surface area contributed by atoms with Crippen LogP contribution in [0.3, 0.4) is 0 Å². The number of nitrogens with one attached hydrogen (secondary N) is 1. The predicted molar refractivity (Wildman–Crippen MR) is 148 cm³/mol. The number of morpholine rings is 1. The third kappa shape index (κ3) is 5.95. The third-order valence-electron chi connectivity index (χ3n) is 6.40. The summed E-state index contributed by atoms with van der Waals surface area (Å²) < 4.78 is 81.2. The molecule has 3 N–H and O–H groups in total. The zero-order chi connectivity index (χ0) is 29.1. The van der Waals surface area contributed by atoms with Gasteiger partial charge in [-0.25, -0.2) is 37.1 Å². The lowest BCUT2D eigenvalue weighted by Crippen LogP contribution is -2.37. The number of alkyl halides is 1. The lowest BCUT2D eigenvalue weighted by molar-refractivity contribution is 0.122. The van der Waals surface area contributed by atoms with Crippen LogP contribution in [0.15, 0.2) is 36.7 Å². The molecule has 1 aliphatic heterocycles. The Morgan fingerprint density at radius 1 is 1.10 bits per heavy atom. The Balaban J connectivity index is 1.70. The number of nitrogen functional groups attached to an aromatic ring is 1. The maximum Gasteiger partial charge on any atom is 0.232 e. The van der Waals surface area contributed by atoms with Crippen LogP contribution in [0.25, 0.3) is 33.4 Å². The van der Waals surface area contributed by atoms with Crippen molar-refractivity contribution in [3.63, 3.8) is 0 Å².